The zero-order valence-corrected chi connectivity index (χ0v) is 14.4. The second kappa shape index (κ2) is 8.68. The van der Waals surface area contributed by atoms with Crippen molar-refractivity contribution in [3.63, 3.8) is 0 Å². The molecule has 1 aromatic rings. The van der Waals surface area contributed by atoms with Crippen molar-refractivity contribution in [2.75, 3.05) is 40.4 Å². The van der Waals surface area contributed by atoms with Crippen LogP contribution in [0.2, 0.25) is 0 Å². The van der Waals surface area contributed by atoms with Gasteiger partial charge in [-0.2, -0.15) is 0 Å². The van der Waals surface area contributed by atoms with Crippen molar-refractivity contribution in [2.24, 2.45) is 5.92 Å². The van der Waals surface area contributed by atoms with Crippen LogP contribution in [-0.4, -0.2) is 67.1 Å². The molecule has 0 radical (unpaired) electrons. The Morgan fingerprint density at radius 1 is 1.38 bits per heavy atom. The van der Waals surface area contributed by atoms with Gasteiger partial charge in [0.25, 0.3) is 0 Å². The van der Waals surface area contributed by atoms with Crippen molar-refractivity contribution in [3.05, 3.63) is 29.8 Å². The highest BCUT2D eigenvalue weighted by Gasteiger charge is 2.31. The summed E-state index contributed by atoms with van der Waals surface area (Å²) < 4.78 is 5.14. The van der Waals surface area contributed by atoms with Gasteiger partial charge >= 0.3 is 0 Å². The highest BCUT2D eigenvalue weighted by Crippen LogP contribution is 2.20. The third kappa shape index (κ3) is 4.71. The van der Waals surface area contributed by atoms with Crippen molar-refractivity contribution < 1.29 is 19.4 Å². The van der Waals surface area contributed by atoms with E-state index in [1.165, 1.54) is 0 Å². The number of ether oxygens (including phenoxy) is 1. The van der Waals surface area contributed by atoms with Gasteiger partial charge in [-0.1, -0.05) is 12.1 Å². The van der Waals surface area contributed by atoms with E-state index in [0.717, 1.165) is 17.7 Å². The maximum absolute atomic E-state index is 12.3. The molecule has 0 saturated carbocycles. The molecule has 1 saturated heterocycles. The predicted molar refractivity (Wildman–Crippen MR) is 90.7 cm³/mol. The van der Waals surface area contributed by atoms with Crippen molar-refractivity contribution >= 4 is 11.8 Å². The molecule has 0 aliphatic carbocycles. The Bertz CT molecular complexity index is 559. The average Bonchev–Trinajstić information content (AvgIpc) is 2.61. The van der Waals surface area contributed by atoms with Crippen LogP contribution in [0.4, 0.5) is 0 Å². The van der Waals surface area contributed by atoms with E-state index < -0.39 is 0 Å². The Kier molecular flexibility index (Phi) is 6.61. The van der Waals surface area contributed by atoms with Crippen LogP contribution in [-0.2, 0) is 16.0 Å². The van der Waals surface area contributed by atoms with Crippen LogP contribution in [0.15, 0.2) is 24.3 Å². The number of likely N-dealkylation sites (N-methyl/N-ethyl adjacent to an activating group) is 1. The molecule has 0 unspecified atom stereocenters. The Balaban J connectivity index is 1.90. The normalized spacial score (nSPS) is 17.7. The lowest BCUT2D eigenvalue weighted by molar-refractivity contribution is -0.142. The van der Waals surface area contributed by atoms with Gasteiger partial charge in [0.15, 0.2) is 0 Å². The highest BCUT2D eigenvalue weighted by molar-refractivity contribution is 5.83. The molecule has 1 aliphatic heterocycles. The average molecular weight is 334 g/mol. The summed E-state index contributed by atoms with van der Waals surface area (Å²) in [5.74, 6) is 0.754. The molecule has 132 valence electrons. The number of amides is 2. The lowest BCUT2D eigenvalue weighted by Crippen LogP contribution is -2.47. The fourth-order valence-corrected chi connectivity index (χ4v) is 2.96. The van der Waals surface area contributed by atoms with Crippen LogP contribution in [0.3, 0.4) is 0 Å². The minimum Gasteiger partial charge on any atom is -0.497 e. The minimum absolute atomic E-state index is 0.00555. The van der Waals surface area contributed by atoms with Crippen LogP contribution in [0, 0.1) is 5.92 Å². The third-order valence-corrected chi connectivity index (χ3v) is 4.49. The molecule has 24 heavy (non-hydrogen) atoms. The lowest BCUT2D eigenvalue weighted by Gasteiger charge is -2.33. The summed E-state index contributed by atoms with van der Waals surface area (Å²) in [6, 6.07) is 7.79. The summed E-state index contributed by atoms with van der Waals surface area (Å²) in [6.45, 7) is 1.35. The van der Waals surface area contributed by atoms with Crippen molar-refractivity contribution in [1.82, 2.24) is 9.80 Å². The monoisotopic (exact) mass is 334 g/mol. The van der Waals surface area contributed by atoms with E-state index in [2.05, 4.69) is 0 Å². The number of hydrogen-bond acceptors (Lipinski definition) is 4. The molecular weight excluding hydrogens is 308 g/mol. The molecule has 1 fully saturated rings. The fraction of sp³-hybridized carbons (Fsp3) is 0.556. The van der Waals surface area contributed by atoms with Gasteiger partial charge in [0.1, 0.15) is 5.75 Å². The van der Waals surface area contributed by atoms with E-state index in [1.807, 2.05) is 24.3 Å². The van der Waals surface area contributed by atoms with Crippen molar-refractivity contribution in [2.45, 2.75) is 19.3 Å². The molecule has 1 heterocycles. The summed E-state index contributed by atoms with van der Waals surface area (Å²) in [5.41, 5.74) is 1.13. The van der Waals surface area contributed by atoms with Crippen molar-refractivity contribution in [3.8, 4) is 5.75 Å². The number of hydrogen-bond donors (Lipinski definition) is 1. The predicted octanol–water partition coefficient (Wildman–Crippen LogP) is 0.927. The van der Waals surface area contributed by atoms with Gasteiger partial charge in [0, 0.05) is 33.1 Å². The van der Waals surface area contributed by atoms with Crippen LogP contribution < -0.4 is 4.74 Å². The van der Waals surface area contributed by atoms with E-state index in [-0.39, 0.29) is 24.3 Å². The number of aliphatic hydroxyl groups is 1. The molecule has 2 rings (SSSR count). The topological polar surface area (TPSA) is 70.1 Å². The van der Waals surface area contributed by atoms with E-state index in [0.29, 0.717) is 32.5 Å². The third-order valence-electron chi connectivity index (χ3n) is 4.49. The highest BCUT2D eigenvalue weighted by atomic mass is 16.5. The zero-order chi connectivity index (χ0) is 17.5. The number of carbonyl (C=O) groups is 2. The first kappa shape index (κ1) is 18.3. The van der Waals surface area contributed by atoms with E-state index in [1.54, 1.807) is 24.0 Å². The molecule has 1 aliphatic rings. The SMILES string of the molecule is COc1ccc(CCN2C[C@H](C(=O)N(C)CCO)CCC2=O)cc1. The molecule has 2 amide bonds. The number of rotatable bonds is 7. The van der Waals surface area contributed by atoms with E-state index in [4.69, 9.17) is 9.84 Å². The number of methoxy groups -OCH3 is 1. The van der Waals surface area contributed by atoms with Crippen LogP contribution >= 0.6 is 0 Å². The quantitative estimate of drug-likeness (QED) is 0.805. The molecular formula is C18H26N2O4. The maximum Gasteiger partial charge on any atom is 0.227 e. The van der Waals surface area contributed by atoms with E-state index >= 15 is 0 Å². The number of carbonyl (C=O) groups excluding carboxylic acids is 2. The molecule has 1 aromatic carbocycles. The number of likely N-dealkylation sites (tertiary alicyclic amines) is 1. The number of piperidine rings is 1. The first-order valence-corrected chi connectivity index (χ1v) is 8.31. The number of aliphatic hydroxyl groups excluding tert-OH is 1. The molecule has 1 N–H and O–H groups in total. The maximum atomic E-state index is 12.3. The van der Waals surface area contributed by atoms with Gasteiger partial charge in [-0.25, -0.2) is 0 Å². The Labute approximate surface area is 143 Å². The first-order valence-electron chi connectivity index (χ1n) is 8.31. The minimum atomic E-state index is -0.171. The molecule has 0 bridgehead atoms. The molecule has 6 nitrogen and oxygen atoms in total. The smallest absolute Gasteiger partial charge is 0.227 e. The van der Waals surface area contributed by atoms with Gasteiger partial charge in [-0.15, -0.1) is 0 Å². The largest absolute Gasteiger partial charge is 0.497 e. The van der Waals surface area contributed by atoms with Crippen molar-refractivity contribution in [1.29, 1.82) is 0 Å². The summed E-state index contributed by atoms with van der Waals surface area (Å²) in [4.78, 5) is 27.8. The number of benzene rings is 1. The van der Waals surface area contributed by atoms with Gasteiger partial charge in [-0.05, 0) is 30.5 Å². The Hall–Kier alpha value is -2.08. The summed E-state index contributed by atoms with van der Waals surface area (Å²) in [7, 11) is 3.32. The summed E-state index contributed by atoms with van der Waals surface area (Å²) in [6.07, 6.45) is 1.75. The van der Waals surface area contributed by atoms with Gasteiger partial charge < -0.3 is 19.6 Å². The van der Waals surface area contributed by atoms with Gasteiger partial charge in [-0.3, -0.25) is 9.59 Å². The second-order valence-electron chi connectivity index (χ2n) is 6.16. The standard InChI is InChI=1S/C18H26N2O4/c1-19(11-12-21)18(23)15-5-8-17(22)20(13-15)10-9-14-3-6-16(24-2)7-4-14/h3-4,6-7,15,21H,5,8-13H2,1-2H3/t15-/m1/s1. The Morgan fingerprint density at radius 3 is 2.71 bits per heavy atom. The molecule has 1 atom stereocenters. The second-order valence-corrected chi connectivity index (χ2v) is 6.16. The van der Waals surface area contributed by atoms with E-state index in [9.17, 15) is 9.59 Å². The van der Waals surface area contributed by atoms with Gasteiger partial charge in [0.05, 0.1) is 19.6 Å². The molecule has 6 heteroatoms. The number of nitrogens with zero attached hydrogens (tertiary/aromatic N) is 2. The molecule has 0 aromatic heterocycles. The zero-order valence-electron chi connectivity index (χ0n) is 14.4. The van der Waals surface area contributed by atoms with Crippen LogP contribution in [0.25, 0.3) is 0 Å². The van der Waals surface area contributed by atoms with Crippen LogP contribution in [0.1, 0.15) is 18.4 Å². The molecule has 0 spiro atoms. The first-order chi connectivity index (χ1) is 11.5. The summed E-state index contributed by atoms with van der Waals surface area (Å²) >= 11 is 0. The lowest BCUT2D eigenvalue weighted by atomic mass is 9.95. The van der Waals surface area contributed by atoms with Crippen LogP contribution in [0.5, 0.6) is 5.75 Å². The summed E-state index contributed by atoms with van der Waals surface area (Å²) in [5, 5.41) is 8.96. The van der Waals surface area contributed by atoms with Gasteiger partial charge in [0.2, 0.25) is 11.8 Å². The fourth-order valence-electron chi connectivity index (χ4n) is 2.96. The Morgan fingerprint density at radius 2 is 2.08 bits per heavy atom.